The molecule has 11 heteroatoms. The van der Waals surface area contributed by atoms with Crippen LogP contribution in [0.25, 0.3) is 6.08 Å². The average molecular weight is 495 g/mol. The summed E-state index contributed by atoms with van der Waals surface area (Å²) in [5, 5.41) is 0.0753. The van der Waals surface area contributed by atoms with Gasteiger partial charge < -0.3 is 4.74 Å². The Hall–Kier alpha value is -2.66. The summed E-state index contributed by atoms with van der Waals surface area (Å²) in [5.74, 6) is -1.04. The van der Waals surface area contributed by atoms with Gasteiger partial charge in [-0.15, -0.1) is 0 Å². The van der Waals surface area contributed by atoms with Gasteiger partial charge in [0, 0.05) is 18.1 Å². The van der Waals surface area contributed by atoms with Crippen molar-refractivity contribution in [3.05, 3.63) is 69.6 Å². The molecule has 3 rings (SSSR count). The predicted octanol–water partition coefficient (Wildman–Crippen LogP) is 3.53. The molecule has 1 N–H and O–H groups in total. The van der Waals surface area contributed by atoms with E-state index in [1.165, 1.54) is 24.3 Å². The molecule has 0 aliphatic carbocycles. The number of nitrogens with zero attached hydrogens (tertiary/aromatic N) is 1. The van der Waals surface area contributed by atoms with Crippen LogP contribution in [0.4, 0.5) is 4.79 Å². The fourth-order valence-electron chi connectivity index (χ4n) is 2.76. The van der Waals surface area contributed by atoms with E-state index in [0.29, 0.717) is 10.6 Å². The van der Waals surface area contributed by atoms with Gasteiger partial charge in [-0.3, -0.25) is 14.5 Å². The Balaban J connectivity index is 1.60. The van der Waals surface area contributed by atoms with Gasteiger partial charge in [-0.25, -0.2) is 17.9 Å². The van der Waals surface area contributed by atoms with Crippen molar-refractivity contribution in [2.45, 2.75) is 11.8 Å². The maximum absolute atomic E-state index is 12.5. The van der Waals surface area contributed by atoms with Crippen LogP contribution in [-0.2, 0) is 19.6 Å². The van der Waals surface area contributed by atoms with Crippen LogP contribution in [0, 0.1) is 0 Å². The highest BCUT2D eigenvalue weighted by Gasteiger charge is 2.34. The van der Waals surface area contributed by atoms with E-state index in [1.54, 1.807) is 37.3 Å². The third-order valence-corrected chi connectivity index (χ3v) is 6.98. The highest BCUT2D eigenvalue weighted by molar-refractivity contribution is 8.18. The predicted molar refractivity (Wildman–Crippen MR) is 122 cm³/mol. The molecule has 8 nitrogen and oxygen atoms in total. The van der Waals surface area contributed by atoms with Gasteiger partial charge in [0.15, 0.2) is 0 Å². The van der Waals surface area contributed by atoms with Gasteiger partial charge in [0.1, 0.15) is 0 Å². The SMILES string of the molecule is CCOC(=O)c1ccc(S(=O)(=O)NCCN2C(=O)SC(=Cc3ccc(Cl)cc3)C2=O)cc1. The van der Waals surface area contributed by atoms with Crippen LogP contribution in [0.1, 0.15) is 22.8 Å². The maximum Gasteiger partial charge on any atom is 0.338 e. The van der Waals surface area contributed by atoms with E-state index in [9.17, 15) is 22.8 Å². The first-order valence-corrected chi connectivity index (χ1v) is 12.2. The number of hydrogen-bond donors (Lipinski definition) is 1. The molecule has 2 aromatic rings. The van der Waals surface area contributed by atoms with E-state index in [2.05, 4.69) is 4.72 Å². The Kier molecular flexibility index (Phi) is 7.73. The number of nitrogens with one attached hydrogen (secondary N) is 1. The molecular weight excluding hydrogens is 476 g/mol. The standard InChI is InChI=1S/C21H19ClN2O6S2/c1-2-30-20(26)15-5-9-17(10-6-15)32(28,29)23-11-12-24-19(25)18(31-21(24)27)13-14-3-7-16(22)8-4-14/h3-10,13,23H,2,11-12H2,1H3. The summed E-state index contributed by atoms with van der Waals surface area (Å²) in [5.41, 5.74) is 0.947. The largest absolute Gasteiger partial charge is 0.462 e. The summed E-state index contributed by atoms with van der Waals surface area (Å²) >= 11 is 6.63. The van der Waals surface area contributed by atoms with Gasteiger partial charge in [0.2, 0.25) is 10.0 Å². The number of amides is 2. The van der Waals surface area contributed by atoms with E-state index in [4.69, 9.17) is 16.3 Å². The number of carbonyl (C=O) groups is 3. The smallest absolute Gasteiger partial charge is 0.338 e. The van der Waals surface area contributed by atoms with Crippen LogP contribution < -0.4 is 4.72 Å². The Morgan fingerprint density at radius 1 is 1.12 bits per heavy atom. The number of sulfonamides is 1. The van der Waals surface area contributed by atoms with Crippen molar-refractivity contribution in [2.24, 2.45) is 0 Å². The number of rotatable bonds is 8. The van der Waals surface area contributed by atoms with Gasteiger partial charge in [-0.1, -0.05) is 23.7 Å². The van der Waals surface area contributed by atoms with Crippen molar-refractivity contribution in [3.8, 4) is 0 Å². The summed E-state index contributed by atoms with van der Waals surface area (Å²) in [6.45, 7) is 1.60. The molecule has 0 radical (unpaired) electrons. The molecule has 0 bridgehead atoms. The number of halogens is 1. The normalized spacial score (nSPS) is 15.4. The molecule has 0 spiro atoms. The summed E-state index contributed by atoms with van der Waals surface area (Å²) in [6, 6.07) is 12.1. The second-order valence-corrected chi connectivity index (χ2v) is 9.72. The summed E-state index contributed by atoms with van der Waals surface area (Å²) in [6.07, 6.45) is 1.58. The van der Waals surface area contributed by atoms with Crippen LogP contribution in [-0.4, -0.2) is 50.1 Å². The lowest BCUT2D eigenvalue weighted by molar-refractivity contribution is -0.122. The van der Waals surface area contributed by atoms with E-state index >= 15 is 0 Å². The number of benzene rings is 2. The third kappa shape index (κ3) is 5.77. The Bertz CT molecular complexity index is 1160. The van der Waals surface area contributed by atoms with Crippen LogP contribution in [0.2, 0.25) is 5.02 Å². The van der Waals surface area contributed by atoms with Crippen molar-refractivity contribution >= 4 is 56.6 Å². The molecule has 0 saturated carbocycles. The van der Waals surface area contributed by atoms with Gasteiger partial charge in [0.05, 0.1) is 22.0 Å². The van der Waals surface area contributed by atoms with Crippen molar-refractivity contribution in [1.82, 2.24) is 9.62 Å². The molecule has 32 heavy (non-hydrogen) atoms. The summed E-state index contributed by atoms with van der Waals surface area (Å²) in [4.78, 5) is 37.6. The number of thioether (sulfide) groups is 1. The van der Waals surface area contributed by atoms with E-state index < -0.39 is 27.1 Å². The van der Waals surface area contributed by atoms with E-state index in [-0.39, 0.29) is 35.1 Å². The van der Waals surface area contributed by atoms with Crippen molar-refractivity contribution in [1.29, 1.82) is 0 Å². The molecule has 0 aromatic heterocycles. The fourth-order valence-corrected chi connectivity index (χ4v) is 4.77. The second kappa shape index (κ2) is 10.3. The molecule has 0 unspecified atom stereocenters. The summed E-state index contributed by atoms with van der Waals surface area (Å²) < 4.78 is 32.1. The van der Waals surface area contributed by atoms with Crippen LogP contribution >= 0.6 is 23.4 Å². The van der Waals surface area contributed by atoms with Gasteiger partial charge in [0.25, 0.3) is 11.1 Å². The van der Waals surface area contributed by atoms with E-state index in [1.807, 2.05) is 0 Å². The Labute approximate surface area is 194 Å². The molecule has 1 heterocycles. The van der Waals surface area contributed by atoms with Crippen LogP contribution in [0.3, 0.4) is 0 Å². The molecule has 2 aromatic carbocycles. The Morgan fingerprint density at radius 2 is 1.78 bits per heavy atom. The number of carbonyl (C=O) groups excluding carboxylic acids is 3. The highest BCUT2D eigenvalue weighted by atomic mass is 35.5. The first kappa shape index (κ1) is 24.0. The lowest BCUT2D eigenvalue weighted by Crippen LogP contribution is -2.37. The zero-order chi connectivity index (χ0) is 23.3. The lowest BCUT2D eigenvalue weighted by Gasteiger charge is -2.13. The van der Waals surface area contributed by atoms with Gasteiger partial charge in [-0.2, -0.15) is 0 Å². The van der Waals surface area contributed by atoms with Crippen molar-refractivity contribution in [2.75, 3.05) is 19.7 Å². The Morgan fingerprint density at radius 3 is 2.41 bits per heavy atom. The van der Waals surface area contributed by atoms with Crippen LogP contribution in [0.5, 0.6) is 0 Å². The topological polar surface area (TPSA) is 110 Å². The highest BCUT2D eigenvalue weighted by Crippen LogP contribution is 2.32. The first-order chi connectivity index (χ1) is 15.2. The molecule has 1 saturated heterocycles. The summed E-state index contributed by atoms with van der Waals surface area (Å²) in [7, 11) is -3.89. The molecule has 1 aliphatic heterocycles. The second-order valence-electron chi connectivity index (χ2n) is 6.53. The third-order valence-electron chi connectivity index (χ3n) is 4.34. The molecule has 168 valence electrons. The van der Waals surface area contributed by atoms with E-state index in [0.717, 1.165) is 16.7 Å². The lowest BCUT2D eigenvalue weighted by atomic mass is 10.2. The molecular formula is C21H19ClN2O6S2. The zero-order valence-electron chi connectivity index (χ0n) is 16.9. The average Bonchev–Trinajstić information content (AvgIpc) is 3.03. The quantitative estimate of drug-likeness (QED) is 0.441. The molecule has 1 fully saturated rings. The maximum atomic E-state index is 12.5. The number of imide groups is 1. The molecule has 0 atom stereocenters. The first-order valence-electron chi connectivity index (χ1n) is 9.49. The minimum atomic E-state index is -3.89. The van der Waals surface area contributed by atoms with Crippen molar-refractivity contribution in [3.63, 3.8) is 0 Å². The monoisotopic (exact) mass is 494 g/mol. The number of esters is 1. The number of ether oxygens (including phenoxy) is 1. The molecule has 1 aliphatic rings. The number of hydrogen-bond acceptors (Lipinski definition) is 7. The zero-order valence-corrected chi connectivity index (χ0v) is 19.3. The van der Waals surface area contributed by atoms with Crippen LogP contribution in [0.15, 0.2) is 58.3 Å². The minimum absolute atomic E-state index is 0.0534. The molecule has 2 amide bonds. The minimum Gasteiger partial charge on any atom is -0.462 e. The fraction of sp³-hybridized carbons (Fsp3) is 0.190. The van der Waals surface area contributed by atoms with Gasteiger partial charge >= 0.3 is 5.97 Å². The van der Waals surface area contributed by atoms with Gasteiger partial charge in [-0.05, 0) is 66.7 Å². The van der Waals surface area contributed by atoms with Crippen molar-refractivity contribution < 1.29 is 27.5 Å².